The molecule has 150 valence electrons. The topological polar surface area (TPSA) is 103 Å². The number of rotatable bonds is 6. The summed E-state index contributed by atoms with van der Waals surface area (Å²) >= 11 is 8.88. The second-order valence-electron chi connectivity index (χ2n) is 6.19. The van der Waals surface area contributed by atoms with E-state index in [1.165, 1.54) is 11.3 Å². The summed E-state index contributed by atoms with van der Waals surface area (Å²) in [5.41, 5.74) is 2.80. The van der Waals surface area contributed by atoms with Gasteiger partial charge in [-0.1, -0.05) is 17.7 Å². The number of anilines is 3. The first-order chi connectivity index (χ1) is 14.6. The summed E-state index contributed by atoms with van der Waals surface area (Å²) in [6, 6.07) is 10.7. The van der Waals surface area contributed by atoms with Crippen molar-refractivity contribution in [3.63, 3.8) is 0 Å². The average molecular weight is 455 g/mol. The highest BCUT2D eigenvalue weighted by molar-refractivity contribution is 7.17. The summed E-state index contributed by atoms with van der Waals surface area (Å²) < 4.78 is 0.971. The minimum Gasteiger partial charge on any atom is -0.382 e. The molecular formula is C20H15ClN6OS2. The number of thiazole rings is 1. The first kappa shape index (κ1) is 20.1. The van der Waals surface area contributed by atoms with E-state index in [-0.39, 0.29) is 6.03 Å². The molecule has 3 N–H and O–H groups in total. The third-order valence-corrected chi connectivity index (χ3v) is 6.25. The number of nitrogens with one attached hydrogen (secondary N) is 3. The van der Waals surface area contributed by atoms with Crippen molar-refractivity contribution in [2.45, 2.75) is 6.42 Å². The van der Waals surface area contributed by atoms with E-state index in [2.05, 4.69) is 32.0 Å². The second kappa shape index (κ2) is 9.09. The van der Waals surface area contributed by atoms with Crippen LogP contribution in [-0.2, 0) is 6.42 Å². The number of benzene rings is 1. The van der Waals surface area contributed by atoms with Gasteiger partial charge in [-0.15, -0.1) is 22.7 Å². The molecule has 3 heterocycles. The average Bonchev–Trinajstić information content (AvgIpc) is 3.37. The highest BCUT2D eigenvalue weighted by Crippen LogP contribution is 2.30. The van der Waals surface area contributed by atoms with E-state index in [0.717, 1.165) is 20.8 Å². The number of halogens is 1. The molecule has 0 aliphatic carbocycles. The summed E-state index contributed by atoms with van der Waals surface area (Å²) in [7, 11) is 0. The minimum absolute atomic E-state index is 0.383. The number of fused-ring (bicyclic) bond motifs is 1. The molecule has 0 aliphatic heterocycles. The number of hydrogen-bond acceptors (Lipinski definition) is 7. The Labute approximate surface area is 185 Å². The minimum atomic E-state index is -0.383. The van der Waals surface area contributed by atoms with Gasteiger partial charge < -0.3 is 10.6 Å². The molecule has 7 nitrogen and oxygen atoms in total. The monoisotopic (exact) mass is 454 g/mol. The van der Waals surface area contributed by atoms with E-state index in [9.17, 15) is 10.1 Å². The molecular weight excluding hydrogens is 440 g/mol. The standard InChI is InChI=1S/C20H15ClN6OS2/c21-13-2-1-3-14(8-13)26-19(28)27-20-25-11-15(30-20)4-6-23-17-12(9-22)10-24-16-5-7-29-18(16)17/h1-3,5,7-8,10-11H,4,6H2,(H,23,24)(H2,25,26,27,28). The molecule has 0 fully saturated rings. The van der Waals surface area contributed by atoms with Crippen molar-refractivity contribution in [3.8, 4) is 6.07 Å². The Hall–Kier alpha value is -3.19. The Bertz CT molecular complexity index is 1250. The van der Waals surface area contributed by atoms with Crippen molar-refractivity contribution in [3.05, 3.63) is 63.6 Å². The van der Waals surface area contributed by atoms with Crippen LogP contribution < -0.4 is 16.0 Å². The number of carbonyl (C=O) groups excluding carboxylic acids is 1. The van der Waals surface area contributed by atoms with Crippen LogP contribution in [0.25, 0.3) is 10.2 Å². The highest BCUT2D eigenvalue weighted by Gasteiger charge is 2.11. The Kier molecular flexibility index (Phi) is 6.09. The molecule has 0 radical (unpaired) electrons. The molecule has 2 amide bonds. The predicted octanol–water partition coefficient (Wildman–Crippen LogP) is 5.58. The molecule has 0 atom stereocenters. The van der Waals surface area contributed by atoms with Crippen LogP contribution in [0.1, 0.15) is 10.4 Å². The van der Waals surface area contributed by atoms with Crippen molar-refractivity contribution in [2.75, 3.05) is 22.5 Å². The SMILES string of the molecule is N#Cc1cnc2ccsc2c1NCCc1cnc(NC(=O)Nc2cccc(Cl)c2)s1. The number of amides is 2. The zero-order valence-electron chi connectivity index (χ0n) is 15.5. The van der Waals surface area contributed by atoms with Gasteiger partial charge in [0.25, 0.3) is 0 Å². The molecule has 3 aromatic heterocycles. The summed E-state index contributed by atoms with van der Waals surface area (Å²) in [5.74, 6) is 0. The molecule has 0 saturated heterocycles. The Morgan fingerprint density at radius 2 is 2.10 bits per heavy atom. The first-order valence-corrected chi connectivity index (χ1v) is 11.0. The molecule has 0 saturated carbocycles. The molecule has 4 rings (SSSR count). The fourth-order valence-electron chi connectivity index (χ4n) is 2.79. The lowest BCUT2D eigenvalue weighted by molar-refractivity contribution is 0.262. The van der Waals surface area contributed by atoms with Crippen molar-refractivity contribution in [1.29, 1.82) is 5.26 Å². The van der Waals surface area contributed by atoms with Crippen LogP contribution >= 0.6 is 34.3 Å². The summed E-state index contributed by atoms with van der Waals surface area (Å²) in [6.07, 6.45) is 4.03. The number of aromatic nitrogens is 2. The second-order valence-corrected chi connectivity index (χ2v) is 8.66. The van der Waals surface area contributed by atoms with Gasteiger partial charge in [0.05, 0.1) is 21.5 Å². The number of hydrogen-bond donors (Lipinski definition) is 3. The maximum Gasteiger partial charge on any atom is 0.325 e. The number of nitriles is 1. The lowest BCUT2D eigenvalue weighted by Crippen LogP contribution is -2.19. The molecule has 1 aromatic carbocycles. The van der Waals surface area contributed by atoms with E-state index in [1.54, 1.807) is 48.0 Å². The Morgan fingerprint density at radius 1 is 1.20 bits per heavy atom. The van der Waals surface area contributed by atoms with Crippen molar-refractivity contribution >= 4 is 67.0 Å². The lowest BCUT2D eigenvalue weighted by Gasteiger charge is -2.08. The van der Waals surface area contributed by atoms with Gasteiger partial charge in [-0.3, -0.25) is 10.3 Å². The first-order valence-electron chi connectivity index (χ1n) is 8.91. The quantitative estimate of drug-likeness (QED) is 0.353. The zero-order chi connectivity index (χ0) is 20.9. The molecule has 0 bridgehead atoms. The van der Waals surface area contributed by atoms with E-state index in [0.29, 0.717) is 34.4 Å². The number of pyridine rings is 1. The van der Waals surface area contributed by atoms with Crippen LogP contribution in [0.3, 0.4) is 0 Å². The van der Waals surface area contributed by atoms with Gasteiger partial charge >= 0.3 is 6.03 Å². The normalized spacial score (nSPS) is 10.5. The van der Waals surface area contributed by atoms with E-state index < -0.39 is 0 Å². The van der Waals surface area contributed by atoms with Gasteiger partial charge in [0.1, 0.15) is 6.07 Å². The van der Waals surface area contributed by atoms with Gasteiger partial charge in [-0.25, -0.2) is 9.78 Å². The van der Waals surface area contributed by atoms with E-state index in [1.807, 2.05) is 11.4 Å². The van der Waals surface area contributed by atoms with Crippen LogP contribution in [0.2, 0.25) is 5.02 Å². The van der Waals surface area contributed by atoms with Crippen molar-refractivity contribution in [2.24, 2.45) is 0 Å². The largest absolute Gasteiger partial charge is 0.382 e. The number of thiophene rings is 1. The van der Waals surface area contributed by atoms with Crippen LogP contribution in [0, 0.1) is 11.3 Å². The van der Waals surface area contributed by atoms with Crippen molar-refractivity contribution in [1.82, 2.24) is 9.97 Å². The van der Waals surface area contributed by atoms with Crippen LogP contribution in [0.5, 0.6) is 0 Å². The fourth-order valence-corrected chi connectivity index (χ4v) is 4.66. The molecule has 30 heavy (non-hydrogen) atoms. The third kappa shape index (κ3) is 4.68. The summed E-state index contributed by atoms with van der Waals surface area (Å²) in [5, 5.41) is 21.1. The highest BCUT2D eigenvalue weighted by atomic mass is 35.5. The Balaban J connectivity index is 1.34. The number of carbonyl (C=O) groups is 1. The summed E-state index contributed by atoms with van der Waals surface area (Å²) in [4.78, 5) is 21.7. The summed E-state index contributed by atoms with van der Waals surface area (Å²) in [6.45, 7) is 0.627. The fraction of sp³-hybridized carbons (Fsp3) is 0.100. The van der Waals surface area contributed by atoms with Gasteiger partial charge in [0, 0.05) is 40.9 Å². The molecule has 10 heteroatoms. The predicted molar refractivity (Wildman–Crippen MR) is 123 cm³/mol. The molecule has 0 unspecified atom stereocenters. The van der Waals surface area contributed by atoms with Crippen LogP contribution in [0.15, 0.2) is 48.1 Å². The third-order valence-electron chi connectivity index (χ3n) is 4.12. The van der Waals surface area contributed by atoms with Crippen molar-refractivity contribution < 1.29 is 4.79 Å². The lowest BCUT2D eigenvalue weighted by atomic mass is 10.2. The van der Waals surface area contributed by atoms with Gasteiger partial charge in [-0.2, -0.15) is 5.26 Å². The molecule has 4 aromatic rings. The van der Waals surface area contributed by atoms with E-state index in [4.69, 9.17) is 11.6 Å². The Morgan fingerprint density at radius 3 is 2.93 bits per heavy atom. The van der Waals surface area contributed by atoms with E-state index >= 15 is 0 Å². The number of nitrogens with zero attached hydrogens (tertiary/aromatic N) is 3. The zero-order valence-corrected chi connectivity index (χ0v) is 17.9. The molecule has 0 aliphatic rings. The maximum atomic E-state index is 12.1. The maximum absolute atomic E-state index is 12.1. The van der Waals surface area contributed by atoms with Gasteiger partial charge in [0.2, 0.25) is 0 Å². The molecule has 0 spiro atoms. The van der Waals surface area contributed by atoms with Gasteiger partial charge in [0.15, 0.2) is 5.13 Å². The van der Waals surface area contributed by atoms with Crippen LogP contribution in [-0.4, -0.2) is 22.5 Å². The van der Waals surface area contributed by atoms with Gasteiger partial charge in [-0.05, 0) is 29.6 Å². The smallest absolute Gasteiger partial charge is 0.325 e. The van der Waals surface area contributed by atoms with Crippen LogP contribution in [0.4, 0.5) is 21.3 Å². The number of urea groups is 1.